The average molecular weight is 404 g/mol. The number of carbonyl (C=O) groups excluding carboxylic acids is 1. The largest absolute Gasteiger partial charge is 0.573 e. The van der Waals surface area contributed by atoms with Crippen LogP contribution < -0.4 is 10.1 Å². The Kier molecular flexibility index (Phi) is 6.21. The molecule has 0 aliphatic carbocycles. The van der Waals surface area contributed by atoms with Gasteiger partial charge in [0.05, 0.1) is 12.2 Å². The van der Waals surface area contributed by atoms with Crippen molar-refractivity contribution in [2.24, 2.45) is 0 Å². The molecule has 8 heteroatoms. The third-order valence-corrected chi connectivity index (χ3v) is 4.17. The summed E-state index contributed by atoms with van der Waals surface area (Å²) in [4.78, 5) is 16.4. The molecule has 0 fully saturated rings. The maximum atomic E-state index is 12.2. The normalized spacial score (nSPS) is 12.4. The molecule has 0 spiro atoms. The van der Waals surface area contributed by atoms with E-state index in [-0.39, 0.29) is 24.1 Å². The zero-order chi connectivity index (χ0) is 20.9. The molecule has 1 N–H and O–H groups in total. The van der Waals surface area contributed by atoms with Crippen LogP contribution in [0.2, 0.25) is 0 Å². The number of alkyl halides is 3. The van der Waals surface area contributed by atoms with Gasteiger partial charge < -0.3 is 14.5 Å². The van der Waals surface area contributed by atoms with E-state index in [1.165, 1.54) is 24.3 Å². The Morgan fingerprint density at radius 1 is 1.14 bits per heavy atom. The van der Waals surface area contributed by atoms with E-state index in [0.717, 1.165) is 5.56 Å². The standard InChI is InChI=1S/C21H19F3N2O3/c1-14(15-7-9-17(10-8-15)29-21(22,23)24)26-19(27)11-12-20-25-13-18(28-20)16-5-3-2-4-6-16/h2-10,13-14H,11-12H2,1H3,(H,26,27). The van der Waals surface area contributed by atoms with Crippen LogP contribution in [0.15, 0.2) is 65.2 Å². The van der Waals surface area contributed by atoms with Gasteiger partial charge in [-0.3, -0.25) is 4.79 Å². The second kappa shape index (κ2) is 8.81. The smallest absolute Gasteiger partial charge is 0.441 e. The number of hydrogen-bond donors (Lipinski definition) is 1. The van der Waals surface area contributed by atoms with Gasteiger partial charge in [-0.15, -0.1) is 13.2 Å². The van der Waals surface area contributed by atoms with E-state index >= 15 is 0 Å². The molecule has 0 aliphatic rings. The summed E-state index contributed by atoms with van der Waals surface area (Å²) in [5.74, 6) is 0.571. The molecule has 29 heavy (non-hydrogen) atoms. The van der Waals surface area contributed by atoms with Crippen molar-refractivity contribution < 1.29 is 27.1 Å². The third-order valence-electron chi connectivity index (χ3n) is 4.17. The van der Waals surface area contributed by atoms with Crippen LogP contribution >= 0.6 is 0 Å². The van der Waals surface area contributed by atoms with Gasteiger partial charge in [0.2, 0.25) is 5.91 Å². The Morgan fingerprint density at radius 3 is 2.48 bits per heavy atom. The number of ether oxygens (including phenoxy) is 1. The average Bonchev–Trinajstić information content (AvgIpc) is 3.15. The molecule has 0 saturated carbocycles. The molecule has 0 radical (unpaired) electrons. The van der Waals surface area contributed by atoms with E-state index in [1.807, 2.05) is 30.3 Å². The van der Waals surface area contributed by atoms with E-state index in [9.17, 15) is 18.0 Å². The first kappa shape index (κ1) is 20.4. The van der Waals surface area contributed by atoms with Crippen LogP contribution in [0.3, 0.4) is 0 Å². The molecule has 2 aromatic carbocycles. The summed E-state index contributed by atoms with van der Waals surface area (Å²) in [6, 6.07) is 14.5. The summed E-state index contributed by atoms with van der Waals surface area (Å²) in [6.07, 6.45) is -2.60. The van der Waals surface area contributed by atoms with Crippen molar-refractivity contribution in [3.63, 3.8) is 0 Å². The number of aromatic nitrogens is 1. The molecule has 1 heterocycles. The van der Waals surface area contributed by atoms with Crippen LogP contribution in [0.1, 0.15) is 30.8 Å². The fraction of sp³-hybridized carbons (Fsp3) is 0.238. The Labute approximate surface area is 165 Å². The minimum atomic E-state index is -4.73. The minimum absolute atomic E-state index is 0.175. The van der Waals surface area contributed by atoms with E-state index < -0.39 is 6.36 Å². The van der Waals surface area contributed by atoms with Gasteiger partial charge in [-0.25, -0.2) is 4.98 Å². The van der Waals surface area contributed by atoms with Gasteiger partial charge >= 0.3 is 6.36 Å². The zero-order valence-electron chi connectivity index (χ0n) is 15.6. The third kappa shape index (κ3) is 6.10. The lowest BCUT2D eigenvalue weighted by Crippen LogP contribution is -2.26. The maximum Gasteiger partial charge on any atom is 0.573 e. The van der Waals surface area contributed by atoms with Crippen LogP contribution in [-0.4, -0.2) is 17.3 Å². The number of halogens is 3. The number of rotatable bonds is 7. The Morgan fingerprint density at radius 2 is 1.83 bits per heavy atom. The highest BCUT2D eigenvalue weighted by atomic mass is 19.4. The molecule has 0 aliphatic heterocycles. The van der Waals surface area contributed by atoms with Crippen LogP contribution in [0.4, 0.5) is 13.2 Å². The van der Waals surface area contributed by atoms with Gasteiger partial charge in [-0.05, 0) is 24.6 Å². The molecule has 5 nitrogen and oxygen atoms in total. The van der Waals surface area contributed by atoms with Gasteiger partial charge in [-0.2, -0.15) is 0 Å². The topological polar surface area (TPSA) is 64.4 Å². The lowest BCUT2D eigenvalue weighted by atomic mass is 10.1. The molecule has 1 atom stereocenters. The van der Waals surface area contributed by atoms with Crippen molar-refractivity contribution in [3.8, 4) is 17.1 Å². The predicted octanol–water partition coefficient (Wildman–Crippen LogP) is 5.05. The molecule has 3 rings (SSSR count). The number of nitrogens with zero attached hydrogens (tertiary/aromatic N) is 1. The number of carbonyl (C=O) groups is 1. The monoisotopic (exact) mass is 404 g/mol. The first-order valence-corrected chi connectivity index (χ1v) is 8.95. The van der Waals surface area contributed by atoms with Crippen LogP contribution in [0.25, 0.3) is 11.3 Å². The molecule has 152 valence electrons. The second-order valence-corrected chi connectivity index (χ2v) is 6.39. The van der Waals surface area contributed by atoms with Crippen LogP contribution in [0.5, 0.6) is 5.75 Å². The summed E-state index contributed by atoms with van der Waals surface area (Å²) in [6.45, 7) is 1.75. The maximum absolute atomic E-state index is 12.2. The minimum Gasteiger partial charge on any atom is -0.441 e. The first-order chi connectivity index (χ1) is 13.8. The highest BCUT2D eigenvalue weighted by Gasteiger charge is 2.31. The Hall–Kier alpha value is -3.29. The number of aryl methyl sites for hydroxylation is 1. The van der Waals surface area contributed by atoms with Crippen molar-refractivity contribution in [2.75, 3.05) is 0 Å². The van der Waals surface area contributed by atoms with Crippen molar-refractivity contribution in [2.45, 2.75) is 32.2 Å². The Balaban J connectivity index is 1.50. The highest BCUT2D eigenvalue weighted by molar-refractivity contribution is 5.76. The zero-order valence-corrected chi connectivity index (χ0v) is 15.6. The van der Waals surface area contributed by atoms with E-state index in [0.29, 0.717) is 23.6 Å². The molecule has 1 amide bonds. The van der Waals surface area contributed by atoms with Crippen LogP contribution in [0, 0.1) is 0 Å². The van der Waals surface area contributed by atoms with Crippen molar-refractivity contribution in [3.05, 3.63) is 72.2 Å². The number of hydrogen-bond acceptors (Lipinski definition) is 4. The molecule has 0 bridgehead atoms. The highest BCUT2D eigenvalue weighted by Crippen LogP contribution is 2.24. The van der Waals surface area contributed by atoms with E-state index in [2.05, 4.69) is 15.0 Å². The summed E-state index contributed by atoms with van der Waals surface area (Å²) in [5, 5.41) is 2.80. The van der Waals surface area contributed by atoms with Gasteiger partial charge in [-0.1, -0.05) is 42.5 Å². The predicted molar refractivity (Wildman–Crippen MR) is 99.9 cm³/mol. The van der Waals surface area contributed by atoms with Crippen LogP contribution in [-0.2, 0) is 11.2 Å². The quantitative estimate of drug-likeness (QED) is 0.599. The summed E-state index contributed by atoms with van der Waals surface area (Å²) in [7, 11) is 0. The van der Waals surface area contributed by atoms with Crippen molar-refractivity contribution in [1.82, 2.24) is 10.3 Å². The molecular formula is C21H19F3N2O3. The lowest BCUT2D eigenvalue weighted by Gasteiger charge is -2.15. The molecule has 3 aromatic rings. The fourth-order valence-corrected chi connectivity index (χ4v) is 2.74. The summed E-state index contributed by atoms with van der Waals surface area (Å²) < 4.78 is 46.1. The van der Waals surface area contributed by atoms with Gasteiger partial charge in [0.25, 0.3) is 0 Å². The van der Waals surface area contributed by atoms with E-state index in [1.54, 1.807) is 13.1 Å². The molecule has 1 aromatic heterocycles. The fourth-order valence-electron chi connectivity index (χ4n) is 2.74. The second-order valence-electron chi connectivity index (χ2n) is 6.39. The number of benzene rings is 2. The summed E-state index contributed by atoms with van der Waals surface area (Å²) >= 11 is 0. The molecule has 0 saturated heterocycles. The number of oxazole rings is 1. The molecule has 1 unspecified atom stereocenters. The van der Waals surface area contributed by atoms with E-state index in [4.69, 9.17) is 4.42 Å². The van der Waals surface area contributed by atoms with Crippen molar-refractivity contribution >= 4 is 5.91 Å². The van der Waals surface area contributed by atoms with Gasteiger partial charge in [0.1, 0.15) is 5.75 Å². The Bertz CT molecular complexity index is 938. The van der Waals surface area contributed by atoms with Crippen molar-refractivity contribution in [1.29, 1.82) is 0 Å². The lowest BCUT2D eigenvalue weighted by molar-refractivity contribution is -0.274. The summed E-state index contributed by atoms with van der Waals surface area (Å²) in [5.41, 5.74) is 1.57. The SMILES string of the molecule is CC(NC(=O)CCc1ncc(-c2ccccc2)o1)c1ccc(OC(F)(F)F)cc1. The molecular weight excluding hydrogens is 385 g/mol. The van der Waals surface area contributed by atoms with Gasteiger partial charge in [0.15, 0.2) is 11.7 Å². The van der Waals surface area contributed by atoms with Gasteiger partial charge in [0, 0.05) is 18.4 Å². The number of nitrogens with one attached hydrogen (secondary N) is 1. The number of amides is 1. The first-order valence-electron chi connectivity index (χ1n) is 8.95.